The number of rotatable bonds is 7. The van der Waals surface area contributed by atoms with Gasteiger partial charge >= 0.3 is 0 Å². The fourth-order valence-corrected chi connectivity index (χ4v) is 4.44. The number of hydrogen-bond acceptors (Lipinski definition) is 4. The molecule has 4 rings (SSSR count). The summed E-state index contributed by atoms with van der Waals surface area (Å²) < 4.78 is 30.4. The smallest absolute Gasteiger partial charge is 0.240 e. The lowest BCUT2D eigenvalue weighted by Crippen LogP contribution is -2.25. The van der Waals surface area contributed by atoms with Crippen molar-refractivity contribution in [3.8, 4) is 0 Å². The first kappa shape index (κ1) is 21.2. The van der Waals surface area contributed by atoms with Crippen LogP contribution < -0.4 is 4.72 Å². The first-order valence-corrected chi connectivity index (χ1v) is 11.8. The summed E-state index contributed by atoms with van der Waals surface area (Å²) in [7, 11) is -3.66. The van der Waals surface area contributed by atoms with Gasteiger partial charge in [-0.3, -0.25) is 0 Å². The lowest BCUT2D eigenvalue weighted by atomic mass is 10.0. The van der Waals surface area contributed by atoms with E-state index in [0.29, 0.717) is 18.3 Å². The van der Waals surface area contributed by atoms with Crippen molar-refractivity contribution in [2.24, 2.45) is 0 Å². The zero-order valence-corrected chi connectivity index (χ0v) is 18.7. The maximum Gasteiger partial charge on any atom is 0.240 e. The predicted molar refractivity (Wildman–Crippen MR) is 122 cm³/mol. The van der Waals surface area contributed by atoms with Gasteiger partial charge in [0.05, 0.1) is 18.0 Å². The van der Waals surface area contributed by atoms with Gasteiger partial charge < -0.3 is 4.57 Å². The molecule has 2 heterocycles. The first-order chi connectivity index (χ1) is 14.8. The summed E-state index contributed by atoms with van der Waals surface area (Å²) in [5.74, 6) is 0.968. The lowest BCUT2D eigenvalue weighted by Gasteiger charge is -2.11. The number of aromatic nitrogens is 3. The van der Waals surface area contributed by atoms with E-state index in [0.717, 1.165) is 22.3 Å². The minimum atomic E-state index is -3.66. The van der Waals surface area contributed by atoms with Crippen LogP contribution in [0.2, 0.25) is 0 Å². The van der Waals surface area contributed by atoms with E-state index in [1.165, 1.54) is 5.56 Å². The molecule has 0 radical (unpaired) electrons. The van der Waals surface area contributed by atoms with Gasteiger partial charge in [0.15, 0.2) is 5.65 Å². The second-order valence-electron chi connectivity index (χ2n) is 7.99. The zero-order valence-electron chi connectivity index (χ0n) is 17.9. The van der Waals surface area contributed by atoms with E-state index in [4.69, 9.17) is 0 Å². The Kier molecular flexibility index (Phi) is 5.89. The van der Waals surface area contributed by atoms with Crippen LogP contribution in [-0.4, -0.2) is 23.0 Å². The summed E-state index contributed by atoms with van der Waals surface area (Å²) in [5.41, 5.74) is 4.87. The van der Waals surface area contributed by atoms with Gasteiger partial charge in [0.1, 0.15) is 11.3 Å². The van der Waals surface area contributed by atoms with Crippen molar-refractivity contribution in [1.82, 2.24) is 19.3 Å². The minimum absolute atomic E-state index is 0.0798. The van der Waals surface area contributed by atoms with Crippen LogP contribution in [0.15, 0.2) is 71.8 Å². The van der Waals surface area contributed by atoms with Crippen LogP contribution in [0.5, 0.6) is 0 Å². The molecular formula is C24H26N4O2S. The van der Waals surface area contributed by atoms with Crippen molar-refractivity contribution in [2.75, 3.05) is 0 Å². The Balaban J connectivity index is 1.61. The van der Waals surface area contributed by atoms with Gasteiger partial charge in [0, 0.05) is 6.20 Å². The molecule has 160 valence electrons. The quantitative estimate of drug-likeness (QED) is 0.468. The monoisotopic (exact) mass is 434 g/mol. The van der Waals surface area contributed by atoms with Crippen LogP contribution in [0.25, 0.3) is 11.2 Å². The number of sulfonamides is 1. The standard InChI is InChI=1S/C24H26N4O2S/c1-17(2)20-10-12-21(13-11-20)31(29,30)26-15-23-27-22-5-4-14-25-24(22)28(23)16-19-8-6-18(3)7-9-19/h4-14,17,26H,15-16H2,1-3H3. The number of aryl methyl sites for hydroxylation is 1. The topological polar surface area (TPSA) is 76.9 Å². The second kappa shape index (κ2) is 8.61. The highest BCUT2D eigenvalue weighted by molar-refractivity contribution is 7.89. The molecule has 0 atom stereocenters. The molecule has 2 aromatic heterocycles. The zero-order chi connectivity index (χ0) is 22.0. The Bertz CT molecular complexity index is 1290. The molecular weight excluding hydrogens is 408 g/mol. The van der Waals surface area contributed by atoms with Crippen LogP contribution in [0.4, 0.5) is 0 Å². The van der Waals surface area contributed by atoms with Gasteiger partial charge in [0.2, 0.25) is 10.0 Å². The van der Waals surface area contributed by atoms with E-state index >= 15 is 0 Å². The van der Waals surface area contributed by atoms with Gasteiger partial charge in [-0.15, -0.1) is 0 Å². The summed E-state index contributed by atoms with van der Waals surface area (Å²) in [6.07, 6.45) is 1.72. The van der Waals surface area contributed by atoms with Gasteiger partial charge in [-0.1, -0.05) is 55.8 Å². The van der Waals surface area contributed by atoms with Crippen LogP contribution in [0.1, 0.15) is 42.3 Å². The Labute approximate surface area is 183 Å². The summed E-state index contributed by atoms with van der Waals surface area (Å²) in [6, 6.07) is 19.0. The largest absolute Gasteiger partial charge is 0.307 e. The van der Waals surface area contributed by atoms with Gasteiger partial charge in [-0.2, -0.15) is 0 Å². The van der Waals surface area contributed by atoms with E-state index in [9.17, 15) is 8.42 Å². The van der Waals surface area contributed by atoms with Crippen molar-refractivity contribution in [1.29, 1.82) is 0 Å². The molecule has 31 heavy (non-hydrogen) atoms. The summed E-state index contributed by atoms with van der Waals surface area (Å²) in [6.45, 7) is 6.85. The van der Waals surface area contributed by atoms with Gasteiger partial charge in [-0.05, 0) is 48.2 Å². The van der Waals surface area contributed by atoms with Crippen molar-refractivity contribution in [3.05, 3.63) is 89.4 Å². The number of imidazole rings is 1. The molecule has 0 aliphatic rings. The molecule has 6 nitrogen and oxygen atoms in total. The second-order valence-corrected chi connectivity index (χ2v) is 9.76. The third-order valence-corrected chi connectivity index (χ3v) is 6.74. The molecule has 0 spiro atoms. The molecule has 0 saturated carbocycles. The van der Waals surface area contributed by atoms with Gasteiger partial charge in [-0.25, -0.2) is 23.1 Å². The molecule has 0 bridgehead atoms. The summed E-state index contributed by atoms with van der Waals surface area (Å²) in [5, 5.41) is 0. The number of nitrogens with one attached hydrogen (secondary N) is 1. The normalized spacial score (nSPS) is 12.0. The molecule has 4 aromatic rings. The van der Waals surface area contributed by atoms with Gasteiger partial charge in [0.25, 0.3) is 0 Å². The van der Waals surface area contributed by atoms with E-state index in [2.05, 4.69) is 52.8 Å². The van der Waals surface area contributed by atoms with Crippen LogP contribution >= 0.6 is 0 Å². The van der Waals surface area contributed by atoms with E-state index < -0.39 is 10.0 Å². The number of pyridine rings is 1. The van der Waals surface area contributed by atoms with Crippen molar-refractivity contribution >= 4 is 21.2 Å². The highest BCUT2D eigenvalue weighted by Crippen LogP contribution is 2.19. The van der Waals surface area contributed by atoms with E-state index in [1.807, 2.05) is 35.8 Å². The average Bonchev–Trinajstić information content (AvgIpc) is 3.11. The van der Waals surface area contributed by atoms with Crippen molar-refractivity contribution in [2.45, 2.75) is 44.7 Å². The number of hydrogen-bond donors (Lipinski definition) is 1. The molecule has 0 aliphatic heterocycles. The Morgan fingerprint density at radius 1 is 1.00 bits per heavy atom. The van der Waals surface area contributed by atoms with Crippen LogP contribution in [0, 0.1) is 6.92 Å². The summed E-state index contributed by atoms with van der Waals surface area (Å²) >= 11 is 0. The number of nitrogens with zero attached hydrogens (tertiary/aromatic N) is 3. The van der Waals surface area contributed by atoms with Crippen molar-refractivity contribution in [3.63, 3.8) is 0 Å². The fraction of sp³-hybridized carbons (Fsp3) is 0.250. The molecule has 0 unspecified atom stereocenters. The minimum Gasteiger partial charge on any atom is -0.307 e. The fourth-order valence-electron chi connectivity index (χ4n) is 3.46. The first-order valence-electron chi connectivity index (χ1n) is 10.3. The molecule has 2 aromatic carbocycles. The highest BCUT2D eigenvalue weighted by Gasteiger charge is 2.18. The third kappa shape index (κ3) is 4.68. The molecule has 0 saturated heterocycles. The number of benzene rings is 2. The maximum absolute atomic E-state index is 12.8. The SMILES string of the molecule is Cc1ccc(Cn2c(CNS(=O)(=O)c3ccc(C(C)C)cc3)nc3cccnc32)cc1. The lowest BCUT2D eigenvalue weighted by molar-refractivity contribution is 0.576. The summed E-state index contributed by atoms with van der Waals surface area (Å²) in [4.78, 5) is 9.35. The van der Waals surface area contributed by atoms with Crippen LogP contribution in [-0.2, 0) is 23.1 Å². The average molecular weight is 435 g/mol. The molecule has 0 aliphatic carbocycles. The molecule has 1 N–H and O–H groups in total. The predicted octanol–water partition coefficient (Wildman–Crippen LogP) is 4.39. The molecule has 7 heteroatoms. The Morgan fingerprint density at radius 3 is 2.39 bits per heavy atom. The Morgan fingerprint density at radius 2 is 1.71 bits per heavy atom. The Hall–Kier alpha value is -3.03. The number of fused-ring (bicyclic) bond motifs is 1. The molecule has 0 fully saturated rings. The highest BCUT2D eigenvalue weighted by atomic mass is 32.2. The van der Waals surface area contributed by atoms with E-state index in [-0.39, 0.29) is 11.4 Å². The van der Waals surface area contributed by atoms with Crippen molar-refractivity contribution < 1.29 is 8.42 Å². The molecule has 0 amide bonds. The third-order valence-electron chi connectivity index (χ3n) is 5.32. The van der Waals surface area contributed by atoms with Crippen LogP contribution in [0.3, 0.4) is 0 Å². The maximum atomic E-state index is 12.8. The van der Waals surface area contributed by atoms with E-state index in [1.54, 1.807) is 18.3 Å².